The van der Waals surface area contributed by atoms with Crippen LogP contribution in [0.4, 0.5) is 5.69 Å². The lowest BCUT2D eigenvalue weighted by molar-refractivity contribution is -0.120. The second-order valence-corrected chi connectivity index (χ2v) is 11.1. The minimum Gasteiger partial charge on any atom is -0.325 e. The zero-order chi connectivity index (χ0) is 17.9. The van der Waals surface area contributed by atoms with Crippen molar-refractivity contribution in [3.8, 4) is 0 Å². The Bertz CT molecular complexity index is 718. The van der Waals surface area contributed by atoms with Crippen LogP contribution < -0.4 is 5.32 Å². The van der Waals surface area contributed by atoms with Gasteiger partial charge in [0.25, 0.3) is 0 Å². The topological polar surface area (TPSA) is 66.5 Å². The highest BCUT2D eigenvalue weighted by atomic mass is 32.2. The molecular formula is C17H24N2O3S3. The first-order valence-corrected chi connectivity index (χ1v) is 12.5. The Morgan fingerprint density at radius 3 is 2.68 bits per heavy atom. The van der Waals surface area contributed by atoms with E-state index in [9.17, 15) is 13.2 Å². The fraction of sp³-hybridized carbons (Fsp3) is 0.588. The fourth-order valence-corrected chi connectivity index (χ4v) is 7.23. The number of carbonyl (C=O) groups is 1. The Kier molecular flexibility index (Phi) is 6.35. The van der Waals surface area contributed by atoms with Crippen molar-refractivity contribution >= 4 is 45.1 Å². The summed E-state index contributed by atoms with van der Waals surface area (Å²) in [6.07, 6.45) is 4.68. The van der Waals surface area contributed by atoms with E-state index >= 15 is 0 Å². The number of hydrogen-bond donors (Lipinski definition) is 1. The maximum atomic E-state index is 12.7. The third-order valence-corrected chi connectivity index (χ3v) is 8.74. The molecule has 2 saturated heterocycles. The van der Waals surface area contributed by atoms with E-state index in [4.69, 9.17) is 0 Å². The number of anilines is 1. The van der Waals surface area contributed by atoms with Crippen LogP contribution in [0.5, 0.6) is 0 Å². The van der Waals surface area contributed by atoms with Crippen LogP contribution in [0.3, 0.4) is 0 Å². The van der Waals surface area contributed by atoms with E-state index in [2.05, 4.69) is 11.4 Å². The number of thioether (sulfide) groups is 2. The lowest BCUT2D eigenvalue weighted by atomic mass is 10.0. The van der Waals surface area contributed by atoms with Crippen LogP contribution in [0.15, 0.2) is 24.3 Å². The van der Waals surface area contributed by atoms with Gasteiger partial charge < -0.3 is 5.32 Å². The van der Waals surface area contributed by atoms with E-state index in [1.54, 1.807) is 0 Å². The third-order valence-electron chi connectivity index (χ3n) is 4.44. The Morgan fingerprint density at radius 1 is 1.20 bits per heavy atom. The molecule has 1 aromatic rings. The smallest absolute Gasteiger partial charge is 0.242 e. The largest absolute Gasteiger partial charge is 0.325 e. The highest BCUT2D eigenvalue weighted by molar-refractivity contribution is 8.16. The molecule has 2 heterocycles. The summed E-state index contributed by atoms with van der Waals surface area (Å²) in [6.45, 7) is 0.423. The number of sulfonamides is 1. The van der Waals surface area contributed by atoms with Gasteiger partial charge in [-0.3, -0.25) is 4.79 Å². The van der Waals surface area contributed by atoms with Gasteiger partial charge in [0.15, 0.2) is 0 Å². The Hall–Kier alpha value is -0.700. The van der Waals surface area contributed by atoms with Gasteiger partial charge in [0.05, 0.1) is 10.8 Å². The normalized spacial score (nSPS) is 23.3. The second-order valence-electron chi connectivity index (χ2n) is 6.43. The lowest BCUT2D eigenvalue weighted by Crippen LogP contribution is -2.49. The number of nitrogens with one attached hydrogen (secondary N) is 1. The molecule has 8 heteroatoms. The number of rotatable bonds is 4. The SMILES string of the molecule is CS(=O)(=O)N1CCCC[C@@H]1C(=O)Nc1cccc(C2SCCCS2)c1. The van der Waals surface area contributed by atoms with Crippen molar-refractivity contribution in [3.05, 3.63) is 29.8 Å². The quantitative estimate of drug-likeness (QED) is 0.840. The molecule has 5 nitrogen and oxygen atoms in total. The Labute approximate surface area is 158 Å². The van der Waals surface area contributed by atoms with Crippen molar-refractivity contribution in [2.24, 2.45) is 0 Å². The molecule has 2 aliphatic rings. The van der Waals surface area contributed by atoms with Crippen LogP contribution in [0.1, 0.15) is 35.8 Å². The average molecular weight is 401 g/mol. The van der Waals surface area contributed by atoms with Crippen molar-refractivity contribution in [2.75, 3.05) is 29.6 Å². The molecule has 0 spiro atoms. The third kappa shape index (κ3) is 4.93. The first kappa shape index (κ1) is 19.1. The molecule has 0 saturated carbocycles. The maximum Gasteiger partial charge on any atom is 0.242 e. The summed E-state index contributed by atoms with van der Waals surface area (Å²) in [6, 6.07) is 7.32. The molecule has 1 atom stereocenters. The summed E-state index contributed by atoms with van der Waals surface area (Å²) in [5.41, 5.74) is 1.95. The van der Waals surface area contributed by atoms with E-state index in [-0.39, 0.29) is 5.91 Å². The van der Waals surface area contributed by atoms with Crippen molar-refractivity contribution in [3.63, 3.8) is 0 Å². The van der Waals surface area contributed by atoms with Crippen LogP contribution in [-0.4, -0.2) is 49.0 Å². The average Bonchev–Trinajstić information content (AvgIpc) is 2.62. The second kappa shape index (κ2) is 8.33. The minimum atomic E-state index is -3.37. The first-order chi connectivity index (χ1) is 11.9. The molecule has 3 rings (SSSR count). The van der Waals surface area contributed by atoms with Gasteiger partial charge in [-0.25, -0.2) is 8.42 Å². The van der Waals surface area contributed by atoms with Gasteiger partial charge in [-0.05, 0) is 48.5 Å². The summed E-state index contributed by atoms with van der Waals surface area (Å²) in [5, 5.41) is 2.93. The number of benzene rings is 1. The monoisotopic (exact) mass is 400 g/mol. The summed E-state index contributed by atoms with van der Waals surface area (Å²) < 4.78 is 25.7. The van der Waals surface area contributed by atoms with Crippen LogP contribution >= 0.6 is 23.5 Å². The van der Waals surface area contributed by atoms with Crippen molar-refractivity contribution < 1.29 is 13.2 Å². The molecule has 25 heavy (non-hydrogen) atoms. The van der Waals surface area contributed by atoms with Gasteiger partial charge in [0, 0.05) is 12.2 Å². The van der Waals surface area contributed by atoms with Gasteiger partial charge in [-0.15, -0.1) is 23.5 Å². The Balaban J connectivity index is 1.71. The molecule has 1 amide bonds. The summed E-state index contributed by atoms with van der Waals surface area (Å²) >= 11 is 3.88. The van der Waals surface area contributed by atoms with Crippen LogP contribution in [-0.2, 0) is 14.8 Å². The molecule has 1 N–H and O–H groups in total. The van der Waals surface area contributed by atoms with Gasteiger partial charge in [0.1, 0.15) is 6.04 Å². The van der Waals surface area contributed by atoms with Crippen LogP contribution in [0.2, 0.25) is 0 Å². The molecule has 138 valence electrons. The highest BCUT2D eigenvalue weighted by Crippen LogP contribution is 2.44. The van der Waals surface area contributed by atoms with E-state index < -0.39 is 16.1 Å². The van der Waals surface area contributed by atoms with E-state index in [0.29, 0.717) is 17.5 Å². The van der Waals surface area contributed by atoms with Crippen molar-refractivity contribution in [1.29, 1.82) is 0 Å². The molecular weight excluding hydrogens is 376 g/mol. The summed E-state index contributed by atoms with van der Waals surface area (Å²) in [7, 11) is -3.37. The minimum absolute atomic E-state index is 0.230. The summed E-state index contributed by atoms with van der Waals surface area (Å²) in [4.78, 5) is 12.7. The number of amides is 1. The van der Waals surface area contributed by atoms with E-state index in [0.717, 1.165) is 18.5 Å². The standard InChI is InChI=1S/C17H24N2O3S3/c1-25(21,22)19-9-3-2-8-15(19)16(20)18-14-7-4-6-13(12-14)17-23-10-5-11-24-17/h4,6-7,12,15,17H,2-3,5,8-11H2,1H3,(H,18,20)/t15-/m1/s1. The zero-order valence-corrected chi connectivity index (χ0v) is 16.8. The molecule has 0 aromatic heterocycles. The molecule has 2 aliphatic heterocycles. The number of hydrogen-bond acceptors (Lipinski definition) is 5. The molecule has 0 radical (unpaired) electrons. The molecule has 2 fully saturated rings. The lowest BCUT2D eigenvalue weighted by Gasteiger charge is -2.32. The first-order valence-electron chi connectivity index (χ1n) is 8.56. The fourth-order valence-electron chi connectivity index (χ4n) is 3.23. The van der Waals surface area contributed by atoms with E-state index in [1.165, 1.54) is 34.1 Å². The molecule has 0 aliphatic carbocycles. The van der Waals surface area contributed by atoms with E-state index in [1.807, 2.05) is 41.7 Å². The van der Waals surface area contributed by atoms with Gasteiger partial charge in [-0.2, -0.15) is 4.31 Å². The molecule has 1 aromatic carbocycles. The Morgan fingerprint density at radius 2 is 1.96 bits per heavy atom. The number of carbonyl (C=O) groups excluding carboxylic acids is 1. The van der Waals surface area contributed by atoms with Gasteiger partial charge in [-0.1, -0.05) is 18.6 Å². The predicted octanol–water partition coefficient (Wildman–Crippen LogP) is 3.31. The van der Waals surface area contributed by atoms with Gasteiger partial charge in [0.2, 0.25) is 15.9 Å². The molecule has 0 unspecified atom stereocenters. The molecule has 0 bridgehead atoms. The van der Waals surface area contributed by atoms with Gasteiger partial charge >= 0.3 is 0 Å². The maximum absolute atomic E-state index is 12.7. The van der Waals surface area contributed by atoms with Crippen molar-refractivity contribution in [2.45, 2.75) is 36.3 Å². The summed E-state index contributed by atoms with van der Waals surface area (Å²) in [5.74, 6) is 2.10. The zero-order valence-electron chi connectivity index (χ0n) is 14.3. The van der Waals surface area contributed by atoms with Crippen molar-refractivity contribution in [1.82, 2.24) is 4.31 Å². The number of nitrogens with zero attached hydrogens (tertiary/aromatic N) is 1. The number of piperidine rings is 1. The highest BCUT2D eigenvalue weighted by Gasteiger charge is 2.34. The predicted molar refractivity (Wildman–Crippen MR) is 107 cm³/mol. The van der Waals surface area contributed by atoms with Crippen LogP contribution in [0, 0.1) is 0 Å². The van der Waals surface area contributed by atoms with Crippen LogP contribution in [0.25, 0.3) is 0 Å².